The zero-order valence-corrected chi connectivity index (χ0v) is 16.5. The Morgan fingerprint density at radius 3 is 2.97 bits per heavy atom. The Kier molecular flexibility index (Phi) is 5.61. The second-order valence-electron chi connectivity index (χ2n) is 6.92. The molecule has 0 radical (unpaired) electrons. The minimum atomic E-state index is -0.276. The van der Waals surface area contributed by atoms with Gasteiger partial charge in [0.15, 0.2) is 0 Å². The predicted octanol–water partition coefficient (Wildman–Crippen LogP) is 1.52. The molecule has 0 saturated carbocycles. The minimum Gasteiger partial charge on any atom is -0.342 e. The average molecular weight is 412 g/mol. The van der Waals surface area contributed by atoms with Gasteiger partial charge in [0, 0.05) is 26.1 Å². The summed E-state index contributed by atoms with van der Waals surface area (Å²) in [4.78, 5) is 43.6. The van der Waals surface area contributed by atoms with Gasteiger partial charge in [0.05, 0.1) is 23.1 Å². The Morgan fingerprint density at radius 1 is 1.28 bits per heavy atom. The summed E-state index contributed by atoms with van der Waals surface area (Å²) in [6.45, 7) is 1.24. The molecule has 1 aliphatic heterocycles. The highest BCUT2D eigenvalue weighted by Crippen LogP contribution is 2.20. The smallest absolute Gasteiger partial charge is 0.261 e. The van der Waals surface area contributed by atoms with E-state index in [9.17, 15) is 14.4 Å². The number of likely N-dealkylation sites (tertiary alicyclic amines) is 1. The van der Waals surface area contributed by atoms with Crippen LogP contribution in [0.1, 0.15) is 19.3 Å². The van der Waals surface area contributed by atoms with Gasteiger partial charge in [0.2, 0.25) is 16.9 Å². The highest BCUT2D eigenvalue weighted by atomic mass is 32.1. The van der Waals surface area contributed by atoms with E-state index in [2.05, 4.69) is 20.5 Å². The molecule has 1 atom stereocenters. The number of hydrogen-bond donors (Lipinski definition) is 1. The van der Waals surface area contributed by atoms with Crippen LogP contribution < -0.4 is 10.9 Å². The molecule has 1 saturated heterocycles. The van der Waals surface area contributed by atoms with Crippen LogP contribution in [0, 0.1) is 5.92 Å². The summed E-state index contributed by atoms with van der Waals surface area (Å²) in [5.41, 5.74) is 2.03. The molecule has 3 heterocycles. The van der Waals surface area contributed by atoms with Gasteiger partial charge in [-0.1, -0.05) is 23.5 Å². The number of para-hydroxylation sites is 1. The summed E-state index contributed by atoms with van der Waals surface area (Å²) in [6, 6.07) is 7.14. The summed E-state index contributed by atoms with van der Waals surface area (Å²) in [5.74, 6) is -0.491. The van der Waals surface area contributed by atoms with Gasteiger partial charge < -0.3 is 10.2 Å². The van der Waals surface area contributed by atoms with E-state index in [1.807, 2.05) is 6.07 Å². The van der Waals surface area contributed by atoms with Crippen LogP contribution in [0.2, 0.25) is 0 Å². The number of anilines is 1. The van der Waals surface area contributed by atoms with Crippen molar-refractivity contribution >= 4 is 39.2 Å². The first-order chi connectivity index (χ1) is 14.1. The Labute approximate surface area is 170 Å². The maximum Gasteiger partial charge on any atom is 0.261 e. The van der Waals surface area contributed by atoms with E-state index in [1.165, 1.54) is 22.2 Å². The second kappa shape index (κ2) is 8.48. The number of nitrogens with zero attached hydrogens (tertiary/aromatic N) is 5. The summed E-state index contributed by atoms with van der Waals surface area (Å²) in [5, 5.41) is 11.3. The van der Waals surface area contributed by atoms with Crippen LogP contribution in [-0.4, -0.2) is 49.6 Å². The molecule has 1 fully saturated rings. The fourth-order valence-corrected chi connectivity index (χ4v) is 3.94. The highest BCUT2D eigenvalue weighted by Gasteiger charge is 2.28. The first kappa shape index (κ1) is 19.2. The third-order valence-corrected chi connectivity index (χ3v) is 5.64. The number of amides is 2. The van der Waals surface area contributed by atoms with Crippen LogP contribution in [0.15, 0.2) is 40.9 Å². The molecule has 0 bridgehead atoms. The van der Waals surface area contributed by atoms with E-state index in [0.29, 0.717) is 29.1 Å². The van der Waals surface area contributed by atoms with Crippen LogP contribution in [0.3, 0.4) is 0 Å². The van der Waals surface area contributed by atoms with E-state index in [-0.39, 0.29) is 36.3 Å². The molecule has 2 aromatic heterocycles. The third-order valence-electron chi connectivity index (χ3n) is 5.03. The molecule has 1 aromatic carbocycles. The molecule has 0 unspecified atom stereocenters. The van der Waals surface area contributed by atoms with Crippen LogP contribution in [0.5, 0.6) is 0 Å². The van der Waals surface area contributed by atoms with Crippen molar-refractivity contribution in [2.75, 3.05) is 18.4 Å². The van der Waals surface area contributed by atoms with Crippen LogP contribution in [0.4, 0.5) is 5.13 Å². The van der Waals surface area contributed by atoms with Gasteiger partial charge >= 0.3 is 0 Å². The zero-order valence-electron chi connectivity index (χ0n) is 15.7. The van der Waals surface area contributed by atoms with Gasteiger partial charge in [-0.05, 0) is 25.0 Å². The van der Waals surface area contributed by atoms with Crippen molar-refractivity contribution in [3.63, 3.8) is 0 Å². The van der Waals surface area contributed by atoms with Crippen molar-refractivity contribution in [1.29, 1.82) is 0 Å². The topological polar surface area (TPSA) is 110 Å². The fourth-order valence-electron chi connectivity index (χ4n) is 3.49. The number of nitrogens with one attached hydrogen (secondary N) is 1. The van der Waals surface area contributed by atoms with Gasteiger partial charge in [-0.3, -0.25) is 19.0 Å². The lowest BCUT2D eigenvalue weighted by Gasteiger charge is -2.32. The number of rotatable bonds is 5. The number of aryl methyl sites for hydroxylation is 1. The summed E-state index contributed by atoms with van der Waals surface area (Å²) in [7, 11) is 0. The fraction of sp³-hybridized carbons (Fsp3) is 0.368. The summed E-state index contributed by atoms with van der Waals surface area (Å²) < 4.78 is 1.46. The highest BCUT2D eigenvalue weighted by molar-refractivity contribution is 7.13. The van der Waals surface area contributed by atoms with E-state index < -0.39 is 0 Å². The number of carbonyl (C=O) groups is 2. The zero-order chi connectivity index (χ0) is 20.2. The van der Waals surface area contributed by atoms with Crippen molar-refractivity contribution in [2.45, 2.75) is 25.8 Å². The van der Waals surface area contributed by atoms with Crippen molar-refractivity contribution in [3.05, 3.63) is 46.5 Å². The SMILES string of the molecule is O=C(Nc1nncs1)[C@@H]1CCCN(C(=O)CCn2cnc3ccccc3c2=O)C1. The van der Waals surface area contributed by atoms with Crippen molar-refractivity contribution in [1.82, 2.24) is 24.6 Å². The monoisotopic (exact) mass is 412 g/mol. The van der Waals surface area contributed by atoms with Gasteiger partial charge in [0.25, 0.3) is 5.56 Å². The molecule has 3 aromatic rings. The standard InChI is InChI=1S/C19H20N6O3S/c26-16(7-9-25-11-20-15-6-2-1-5-14(15)18(25)28)24-8-3-4-13(10-24)17(27)22-19-23-21-12-29-19/h1-2,5-6,11-13H,3-4,7-10H2,(H,22,23,27)/t13-/m1/s1. The van der Waals surface area contributed by atoms with E-state index in [4.69, 9.17) is 0 Å². The van der Waals surface area contributed by atoms with E-state index >= 15 is 0 Å². The molecule has 10 heteroatoms. The molecule has 0 aliphatic carbocycles. The molecule has 9 nitrogen and oxygen atoms in total. The molecule has 0 spiro atoms. The molecule has 2 amide bonds. The Balaban J connectivity index is 1.36. The molecule has 29 heavy (non-hydrogen) atoms. The lowest BCUT2D eigenvalue weighted by molar-refractivity contribution is -0.134. The van der Waals surface area contributed by atoms with Crippen molar-refractivity contribution in [2.24, 2.45) is 5.92 Å². The molecular weight excluding hydrogens is 392 g/mol. The normalized spacial score (nSPS) is 16.7. The van der Waals surface area contributed by atoms with Crippen molar-refractivity contribution in [3.8, 4) is 0 Å². The van der Waals surface area contributed by atoms with Gasteiger partial charge in [-0.15, -0.1) is 10.2 Å². The molecule has 1 aliphatic rings. The van der Waals surface area contributed by atoms with Crippen LogP contribution in [0.25, 0.3) is 10.9 Å². The Hall–Kier alpha value is -3.14. The quantitative estimate of drug-likeness (QED) is 0.680. The molecule has 4 rings (SSSR count). The second-order valence-corrected chi connectivity index (χ2v) is 7.76. The maximum atomic E-state index is 12.7. The predicted molar refractivity (Wildman–Crippen MR) is 108 cm³/mol. The first-order valence-corrected chi connectivity index (χ1v) is 10.3. The van der Waals surface area contributed by atoms with Gasteiger partial charge in [-0.2, -0.15) is 0 Å². The number of aromatic nitrogens is 4. The lowest BCUT2D eigenvalue weighted by atomic mass is 9.97. The largest absolute Gasteiger partial charge is 0.342 e. The van der Waals surface area contributed by atoms with Crippen LogP contribution >= 0.6 is 11.3 Å². The van der Waals surface area contributed by atoms with E-state index in [1.54, 1.807) is 28.6 Å². The third kappa shape index (κ3) is 4.32. The molecule has 1 N–H and O–H groups in total. The summed E-state index contributed by atoms with van der Waals surface area (Å²) in [6.07, 6.45) is 3.15. The Bertz CT molecular complexity index is 1080. The number of benzene rings is 1. The Morgan fingerprint density at radius 2 is 2.14 bits per heavy atom. The van der Waals surface area contributed by atoms with E-state index in [0.717, 1.165) is 12.8 Å². The van der Waals surface area contributed by atoms with Gasteiger partial charge in [0.1, 0.15) is 5.51 Å². The van der Waals surface area contributed by atoms with Gasteiger partial charge in [-0.25, -0.2) is 4.98 Å². The maximum absolute atomic E-state index is 12.7. The number of hydrogen-bond acceptors (Lipinski definition) is 7. The minimum absolute atomic E-state index is 0.0709. The number of fused-ring (bicyclic) bond motifs is 1. The van der Waals surface area contributed by atoms with Crippen molar-refractivity contribution < 1.29 is 9.59 Å². The molecule has 150 valence electrons. The number of carbonyl (C=O) groups excluding carboxylic acids is 2. The molecular formula is C19H20N6O3S. The number of piperidine rings is 1. The summed E-state index contributed by atoms with van der Waals surface area (Å²) >= 11 is 1.26. The lowest BCUT2D eigenvalue weighted by Crippen LogP contribution is -2.44. The average Bonchev–Trinajstić information content (AvgIpc) is 3.26. The first-order valence-electron chi connectivity index (χ1n) is 9.41. The van der Waals surface area contributed by atoms with Crippen LogP contribution in [-0.2, 0) is 16.1 Å².